The first-order chi connectivity index (χ1) is 18.8. The summed E-state index contributed by atoms with van der Waals surface area (Å²) in [4.78, 5) is 13.6. The Kier molecular flexibility index (Phi) is 11.0. The number of aliphatic hydroxyl groups excluding tert-OH is 1. The Morgan fingerprint density at radius 3 is 2.56 bits per heavy atom. The van der Waals surface area contributed by atoms with Crippen LogP contribution in [0.1, 0.15) is 31.4 Å². The minimum Gasteiger partial charge on any atom is -0.593 e. The average molecular weight is 560 g/mol. The van der Waals surface area contributed by atoms with Crippen LogP contribution in [0.5, 0.6) is 0 Å². The number of carbonyl (C=O) groups is 1. The monoisotopic (exact) mass is 559 g/mol. The topological polar surface area (TPSA) is 115 Å². The quantitative estimate of drug-likeness (QED) is 0.321. The summed E-state index contributed by atoms with van der Waals surface area (Å²) in [5.41, 5.74) is 2.06. The lowest BCUT2D eigenvalue weighted by molar-refractivity contribution is -0.0907. The van der Waals surface area contributed by atoms with Crippen LogP contribution in [0.2, 0.25) is 0 Å². The Morgan fingerprint density at radius 1 is 1.13 bits per heavy atom. The lowest BCUT2D eigenvalue weighted by Crippen LogP contribution is -2.51. The van der Waals surface area contributed by atoms with Gasteiger partial charge in [-0.25, -0.2) is 4.79 Å². The highest BCUT2D eigenvalue weighted by Gasteiger charge is 2.44. The minimum atomic E-state index is -1.48. The van der Waals surface area contributed by atoms with Crippen LogP contribution < -0.4 is 10.6 Å². The number of benzene rings is 2. The van der Waals surface area contributed by atoms with E-state index in [9.17, 15) is 14.5 Å². The fourth-order valence-electron chi connectivity index (χ4n) is 5.05. The number of carbonyl (C=O) groups excluding carboxylic acids is 1. The zero-order valence-electron chi connectivity index (χ0n) is 23.0. The van der Waals surface area contributed by atoms with Crippen LogP contribution in [0.25, 0.3) is 0 Å². The van der Waals surface area contributed by atoms with E-state index < -0.39 is 29.6 Å². The van der Waals surface area contributed by atoms with Gasteiger partial charge in [-0.15, -0.1) is 4.31 Å². The maximum absolute atomic E-state index is 13.6. The van der Waals surface area contributed by atoms with Gasteiger partial charge in [-0.1, -0.05) is 56.3 Å². The number of nitrogens with zero attached hydrogens (tertiary/aromatic N) is 1. The molecule has 2 heterocycles. The molecule has 2 fully saturated rings. The Balaban J connectivity index is 1.45. The highest BCUT2D eigenvalue weighted by atomic mass is 32.2. The summed E-state index contributed by atoms with van der Waals surface area (Å²) < 4.78 is 32.2. The summed E-state index contributed by atoms with van der Waals surface area (Å²) in [6.45, 7) is 6.35. The second-order valence-electron chi connectivity index (χ2n) is 10.6. The van der Waals surface area contributed by atoms with Gasteiger partial charge in [-0.3, -0.25) is 0 Å². The molecule has 9 nitrogen and oxygen atoms in total. The molecule has 6 atom stereocenters. The normalized spacial score (nSPS) is 23.0. The van der Waals surface area contributed by atoms with Gasteiger partial charge in [-0.05, 0) is 49.1 Å². The van der Waals surface area contributed by atoms with E-state index in [-0.39, 0.29) is 30.8 Å². The van der Waals surface area contributed by atoms with E-state index >= 15 is 0 Å². The molecule has 2 aromatic carbocycles. The van der Waals surface area contributed by atoms with E-state index in [1.165, 1.54) is 0 Å². The zero-order chi connectivity index (χ0) is 27.8. The lowest BCUT2D eigenvalue weighted by Gasteiger charge is -2.31. The third kappa shape index (κ3) is 8.40. The van der Waals surface area contributed by atoms with Gasteiger partial charge >= 0.3 is 6.09 Å². The molecule has 1 unspecified atom stereocenters. The van der Waals surface area contributed by atoms with Crippen LogP contribution in [-0.4, -0.2) is 77.9 Å². The SMILES string of the molecule is CNCc1ccc([S+]([O-])N(CC(C)C)C[C@@H](O)[C@H](Cc2ccccc2)NC(=O)O[C@H]2CO[C@H]3OCC[C@H]32)cc1. The van der Waals surface area contributed by atoms with Gasteiger partial charge in [0.25, 0.3) is 0 Å². The number of alkyl carbamates (subject to hydrolysis) is 1. The molecule has 0 spiro atoms. The van der Waals surface area contributed by atoms with Crippen LogP contribution in [-0.2, 0) is 38.5 Å². The van der Waals surface area contributed by atoms with E-state index in [0.29, 0.717) is 31.1 Å². The maximum Gasteiger partial charge on any atom is 0.407 e. The van der Waals surface area contributed by atoms with Crippen LogP contribution >= 0.6 is 0 Å². The second kappa shape index (κ2) is 14.5. The second-order valence-corrected chi connectivity index (χ2v) is 12.1. The number of aliphatic hydroxyl groups is 1. The predicted molar refractivity (Wildman–Crippen MR) is 149 cm³/mol. The molecule has 2 saturated heterocycles. The molecule has 2 aliphatic rings. The van der Waals surface area contributed by atoms with Crippen LogP contribution in [0, 0.1) is 11.8 Å². The first-order valence-corrected chi connectivity index (χ1v) is 14.8. The average Bonchev–Trinajstić information content (AvgIpc) is 3.54. The van der Waals surface area contributed by atoms with Crippen molar-refractivity contribution < 1.29 is 28.7 Å². The summed E-state index contributed by atoms with van der Waals surface area (Å²) in [6.07, 6.45) is -1.12. The number of hydrogen-bond acceptors (Lipinski definition) is 8. The molecule has 0 bridgehead atoms. The number of ether oxygens (including phenoxy) is 3. The largest absolute Gasteiger partial charge is 0.593 e. The van der Waals surface area contributed by atoms with Gasteiger partial charge < -0.3 is 34.5 Å². The molecule has 1 amide bonds. The van der Waals surface area contributed by atoms with Crippen molar-refractivity contribution in [2.45, 2.75) is 62.7 Å². The zero-order valence-corrected chi connectivity index (χ0v) is 23.8. The molecule has 0 aromatic heterocycles. The summed E-state index contributed by atoms with van der Waals surface area (Å²) in [5.74, 6) is 0.246. The number of amides is 1. The number of hydrogen-bond donors (Lipinski definition) is 3. The molecule has 0 aliphatic carbocycles. The Morgan fingerprint density at radius 2 is 1.87 bits per heavy atom. The fraction of sp³-hybridized carbons (Fsp3) is 0.552. The third-order valence-corrected chi connectivity index (χ3v) is 8.45. The predicted octanol–water partition coefficient (Wildman–Crippen LogP) is 2.85. The summed E-state index contributed by atoms with van der Waals surface area (Å²) in [5, 5.41) is 17.4. The molecule has 0 radical (unpaired) electrons. The fourth-order valence-corrected chi connectivity index (χ4v) is 6.44. The molecular weight excluding hydrogens is 518 g/mol. The summed E-state index contributed by atoms with van der Waals surface area (Å²) in [7, 11) is 1.88. The van der Waals surface area contributed by atoms with Gasteiger partial charge in [0, 0.05) is 13.1 Å². The number of fused-ring (bicyclic) bond motifs is 1. The van der Waals surface area contributed by atoms with Crippen molar-refractivity contribution in [2.75, 3.05) is 33.4 Å². The van der Waals surface area contributed by atoms with Crippen molar-refractivity contribution in [1.29, 1.82) is 0 Å². The summed E-state index contributed by atoms with van der Waals surface area (Å²) in [6, 6.07) is 16.7. The van der Waals surface area contributed by atoms with Crippen molar-refractivity contribution in [3.05, 3.63) is 65.7 Å². The smallest absolute Gasteiger partial charge is 0.407 e. The van der Waals surface area contributed by atoms with Crippen LogP contribution in [0.3, 0.4) is 0 Å². The third-order valence-electron chi connectivity index (χ3n) is 7.01. The van der Waals surface area contributed by atoms with Crippen molar-refractivity contribution in [2.24, 2.45) is 11.8 Å². The van der Waals surface area contributed by atoms with Crippen molar-refractivity contribution >= 4 is 17.5 Å². The Hall–Kier alpha value is -2.18. The van der Waals surface area contributed by atoms with Crippen molar-refractivity contribution in [1.82, 2.24) is 14.9 Å². The minimum absolute atomic E-state index is 0.0247. The van der Waals surface area contributed by atoms with Crippen LogP contribution in [0.15, 0.2) is 59.5 Å². The number of rotatable bonds is 13. The van der Waals surface area contributed by atoms with Gasteiger partial charge in [0.05, 0.1) is 49.2 Å². The van der Waals surface area contributed by atoms with E-state index in [1.54, 1.807) is 4.31 Å². The molecular formula is C29H41N3O6S. The Labute approximate surface area is 234 Å². The lowest BCUT2D eigenvalue weighted by atomic mass is 10.0. The molecule has 2 aromatic rings. The molecule has 10 heteroatoms. The van der Waals surface area contributed by atoms with Gasteiger partial charge in [0.2, 0.25) is 0 Å². The Bertz CT molecular complexity index is 1030. The van der Waals surface area contributed by atoms with E-state index in [4.69, 9.17) is 14.2 Å². The summed E-state index contributed by atoms with van der Waals surface area (Å²) >= 11 is -1.48. The van der Waals surface area contributed by atoms with Gasteiger partial charge in [-0.2, -0.15) is 0 Å². The van der Waals surface area contributed by atoms with E-state index in [2.05, 4.69) is 10.6 Å². The molecule has 0 saturated carbocycles. The molecule has 2 aliphatic heterocycles. The molecule has 39 heavy (non-hydrogen) atoms. The van der Waals surface area contributed by atoms with Crippen molar-refractivity contribution in [3.63, 3.8) is 0 Å². The van der Waals surface area contributed by atoms with E-state index in [1.807, 2.05) is 75.5 Å². The van der Waals surface area contributed by atoms with E-state index in [0.717, 1.165) is 24.1 Å². The number of nitrogens with one attached hydrogen (secondary N) is 2. The standard InChI is InChI=1S/C29H41N3O6S/c1-20(2)17-32(39(35)23-11-9-22(10-12-23)16-30-3)18-26(33)25(15-21-7-5-4-6-8-21)31-29(34)38-27-19-37-28-24(27)13-14-36-28/h4-12,20,24-28,30,33H,13-19H2,1-3H3,(H,31,34)/t24-,25-,26+,27-,28+,39?/m0/s1. The maximum atomic E-state index is 13.6. The van der Waals surface area contributed by atoms with Gasteiger partial charge in [0.1, 0.15) is 6.10 Å². The molecule has 4 rings (SSSR count). The first-order valence-electron chi connectivity index (χ1n) is 13.7. The highest BCUT2D eigenvalue weighted by Crippen LogP contribution is 2.33. The van der Waals surface area contributed by atoms with Gasteiger partial charge in [0.15, 0.2) is 11.2 Å². The highest BCUT2D eigenvalue weighted by molar-refractivity contribution is 7.89. The first kappa shape index (κ1) is 29.8. The molecule has 3 N–H and O–H groups in total. The van der Waals surface area contributed by atoms with Crippen molar-refractivity contribution in [3.8, 4) is 0 Å². The molecule has 214 valence electrons. The van der Waals surface area contributed by atoms with Crippen LogP contribution in [0.4, 0.5) is 4.79 Å².